The number of aliphatic carboxylic acids is 1. The monoisotopic (exact) mass is 993 g/mol. The van der Waals surface area contributed by atoms with Crippen LogP contribution in [0.4, 0.5) is 0 Å². The highest BCUT2D eigenvalue weighted by atomic mass is 16.7. The molecule has 0 amide bonds. The third kappa shape index (κ3) is 53.8. The number of nitrogens with zero attached hydrogens (tertiary/aromatic N) is 1. The number of hydrogen-bond donors (Lipinski definition) is 1. The topological polar surface area (TPSA) is 108 Å². The molecule has 406 valence electrons. The van der Waals surface area contributed by atoms with E-state index in [9.17, 15) is 19.5 Å². The van der Waals surface area contributed by atoms with Crippen molar-refractivity contribution in [2.45, 2.75) is 232 Å². The zero-order chi connectivity index (χ0) is 52.0. The Balaban J connectivity index is 4.30. The standard InChI is InChI=1S/C62H105NO8/c1-6-8-10-12-14-16-18-20-22-24-26-27-28-29-30-31-32-33-35-36-38-40-42-44-46-48-50-52-59(64)69-56-58(57-70-62(61(66)67)68-55-54-63(3,4)5)71-60(65)53-51-49-47-45-43-41-39-37-34-25-23-21-19-17-15-13-11-9-7-2/h9,11,15,17-18,20-21,23-24,26,28-29,34,37,41,43,58,62H,6-8,10,12-14,16,19,22,25,27,30-33,35-36,38-40,42,44-57H2,1-5H3/p+1/b11-9-,17-15-,20-18-,23-21-,26-24-,29-28-,37-34-,43-41-. The van der Waals surface area contributed by atoms with Crippen molar-refractivity contribution in [1.29, 1.82) is 0 Å². The normalized spacial score (nSPS) is 13.5. The quantitative estimate of drug-likeness (QED) is 0.0211. The third-order valence-corrected chi connectivity index (χ3v) is 11.8. The van der Waals surface area contributed by atoms with Crippen LogP contribution in [0.15, 0.2) is 97.2 Å². The van der Waals surface area contributed by atoms with Gasteiger partial charge in [0.25, 0.3) is 6.29 Å². The lowest BCUT2D eigenvalue weighted by atomic mass is 10.0. The van der Waals surface area contributed by atoms with Crippen LogP contribution in [0.1, 0.15) is 219 Å². The molecule has 0 aromatic rings. The van der Waals surface area contributed by atoms with Gasteiger partial charge in [-0.3, -0.25) is 9.59 Å². The minimum absolute atomic E-state index is 0.176. The highest BCUT2D eigenvalue weighted by molar-refractivity contribution is 5.71. The summed E-state index contributed by atoms with van der Waals surface area (Å²) in [6, 6.07) is 0. The van der Waals surface area contributed by atoms with Crippen LogP contribution >= 0.6 is 0 Å². The number of unbranched alkanes of at least 4 members (excludes halogenated alkanes) is 20. The summed E-state index contributed by atoms with van der Waals surface area (Å²) in [7, 11) is 5.95. The molecule has 9 heteroatoms. The Morgan fingerprint density at radius 1 is 0.437 bits per heavy atom. The Labute approximate surface area is 435 Å². The molecule has 0 radical (unpaired) electrons. The van der Waals surface area contributed by atoms with Crippen molar-refractivity contribution in [3.63, 3.8) is 0 Å². The SMILES string of the molecule is CC/C=C\C/C=C\C/C=C\C/C=C\C/C=C\CCCCCC(=O)OC(COC(=O)CCCCCCCCCCCCCC/C=C\C/C=C\C/C=C\CCCCCCC)COC(OCC[N+](C)(C)C)C(=O)O. The van der Waals surface area contributed by atoms with Crippen molar-refractivity contribution < 1.29 is 42.9 Å². The minimum Gasteiger partial charge on any atom is -0.477 e. The summed E-state index contributed by atoms with van der Waals surface area (Å²) < 4.78 is 22.8. The summed E-state index contributed by atoms with van der Waals surface area (Å²) in [5, 5.41) is 9.69. The van der Waals surface area contributed by atoms with Crippen LogP contribution in [0, 0.1) is 0 Å². The number of allylic oxidation sites excluding steroid dienone is 16. The molecule has 0 saturated heterocycles. The Morgan fingerprint density at radius 3 is 1.21 bits per heavy atom. The number of carboxylic acid groups (broad SMARTS) is 1. The number of carbonyl (C=O) groups is 3. The average molecular weight is 994 g/mol. The molecule has 0 bridgehead atoms. The van der Waals surface area contributed by atoms with E-state index >= 15 is 0 Å². The van der Waals surface area contributed by atoms with Gasteiger partial charge in [-0.2, -0.15) is 0 Å². The van der Waals surface area contributed by atoms with Gasteiger partial charge >= 0.3 is 17.9 Å². The fourth-order valence-corrected chi connectivity index (χ4v) is 7.46. The lowest BCUT2D eigenvalue weighted by molar-refractivity contribution is -0.870. The number of carboxylic acids is 1. The van der Waals surface area contributed by atoms with Crippen LogP contribution in [-0.2, 0) is 33.3 Å². The van der Waals surface area contributed by atoms with E-state index < -0.39 is 24.3 Å². The van der Waals surface area contributed by atoms with Crippen molar-refractivity contribution >= 4 is 17.9 Å². The molecule has 0 aliphatic carbocycles. The number of ether oxygens (including phenoxy) is 4. The summed E-state index contributed by atoms with van der Waals surface area (Å²) in [5.74, 6) is -2.06. The number of esters is 2. The summed E-state index contributed by atoms with van der Waals surface area (Å²) in [6.07, 6.45) is 67.7. The number of likely N-dealkylation sites (N-methyl/N-ethyl adjacent to an activating group) is 1. The number of hydrogen-bond acceptors (Lipinski definition) is 7. The molecule has 0 heterocycles. The van der Waals surface area contributed by atoms with Gasteiger partial charge in [-0.25, -0.2) is 4.79 Å². The molecule has 0 fully saturated rings. The van der Waals surface area contributed by atoms with E-state index in [2.05, 4.69) is 111 Å². The van der Waals surface area contributed by atoms with Gasteiger partial charge in [-0.05, 0) is 96.3 Å². The Bertz CT molecular complexity index is 1480. The molecule has 0 saturated carbocycles. The average Bonchev–Trinajstić information content (AvgIpc) is 3.34. The van der Waals surface area contributed by atoms with Crippen LogP contribution < -0.4 is 0 Å². The zero-order valence-electron chi connectivity index (χ0n) is 46.1. The van der Waals surface area contributed by atoms with Crippen molar-refractivity contribution in [3.8, 4) is 0 Å². The maximum atomic E-state index is 12.8. The third-order valence-electron chi connectivity index (χ3n) is 11.8. The van der Waals surface area contributed by atoms with Crippen LogP contribution in [0.2, 0.25) is 0 Å². The van der Waals surface area contributed by atoms with E-state index in [1.54, 1.807) is 0 Å². The van der Waals surface area contributed by atoms with Gasteiger partial charge in [-0.1, -0.05) is 207 Å². The van der Waals surface area contributed by atoms with E-state index in [0.29, 0.717) is 17.4 Å². The van der Waals surface area contributed by atoms with Crippen LogP contribution in [-0.4, -0.2) is 87.4 Å². The molecule has 2 unspecified atom stereocenters. The van der Waals surface area contributed by atoms with Crippen molar-refractivity contribution in [3.05, 3.63) is 97.2 Å². The maximum Gasteiger partial charge on any atom is 0.361 e. The molecular formula is C62H106NO8+. The van der Waals surface area contributed by atoms with Gasteiger partial charge < -0.3 is 28.5 Å². The smallest absolute Gasteiger partial charge is 0.361 e. The number of rotatable bonds is 51. The first-order valence-corrected chi connectivity index (χ1v) is 28.4. The van der Waals surface area contributed by atoms with Crippen LogP contribution in [0.5, 0.6) is 0 Å². The summed E-state index contributed by atoms with van der Waals surface area (Å²) in [6.45, 7) is 4.70. The Kier molecular flexibility index (Phi) is 49.7. The second-order valence-corrected chi connectivity index (χ2v) is 19.9. The van der Waals surface area contributed by atoms with E-state index in [1.165, 1.54) is 103 Å². The molecule has 0 aliphatic heterocycles. The molecule has 71 heavy (non-hydrogen) atoms. The maximum absolute atomic E-state index is 12.8. The van der Waals surface area contributed by atoms with Gasteiger partial charge in [0, 0.05) is 12.8 Å². The highest BCUT2D eigenvalue weighted by Crippen LogP contribution is 2.15. The van der Waals surface area contributed by atoms with Gasteiger partial charge in [0.2, 0.25) is 0 Å². The van der Waals surface area contributed by atoms with Crippen LogP contribution in [0.25, 0.3) is 0 Å². The minimum atomic E-state index is -1.53. The zero-order valence-corrected chi connectivity index (χ0v) is 46.1. The lowest BCUT2D eigenvalue weighted by Crippen LogP contribution is -2.40. The summed E-state index contributed by atoms with van der Waals surface area (Å²) >= 11 is 0. The summed E-state index contributed by atoms with van der Waals surface area (Å²) in [5.41, 5.74) is 0. The molecule has 0 aromatic heterocycles. The fraction of sp³-hybridized carbons (Fsp3) is 0.694. The van der Waals surface area contributed by atoms with Crippen molar-refractivity contribution in [2.75, 3.05) is 47.5 Å². The van der Waals surface area contributed by atoms with E-state index in [0.717, 1.165) is 83.5 Å². The Morgan fingerprint density at radius 2 is 0.803 bits per heavy atom. The van der Waals surface area contributed by atoms with E-state index in [1.807, 2.05) is 21.1 Å². The molecule has 9 nitrogen and oxygen atoms in total. The second-order valence-electron chi connectivity index (χ2n) is 19.9. The Hall–Kier alpha value is -3.79. The molecule has 0 rings (SSSR count). The predicted octanol–water partition coefficient (Wildman–Crippen LogP) is 16.6. The molecule has 1 N–H and O–H groups in total. The first-order valence-electron chi connectivity index (χ1n) is 28.4. The molecule has 0 spiro atoms. The van der Waals surface area contributed by atoms with E-state index in [-0.39, 0.29) is 38.6 Å². The first-order chi connectivity index (χ1) is 34.6. The second kappa shape index (κ2) is 52.5. The summed E-state index contributed by atoms with van der Waals surface area (Å²) in [4.78, 5) is 37.4. The number of carbonyl (C=O) groups excluding carboxylic acids is 2. The predicted molar refractivity (Wildman–Crippen MR) is 299 cm³/mol. The van der Waals surface area contributed by atoms with Crippen LogP contribution in [0.3, 0.4) is 0 Å². The first kappa shape index (κ1) is 67.2. The van der Waals surface area contributed by atoms with Crippen molar-refractivity contribution in [2.24, 2.45) is 0 Å². The van der Waals surface area contributed by atoms with Gasteiger partial charge in [-0.15, -0.1) is 0 Å². The van der Waals surface area contributed by atoms with Gasteiger partial charge in [0.1, 0.15) is 13.2 Å². The molecule has 0 aromatic carbocycles. The lowest BCUT2D eigenvalue weighted by Gasteiger charge is -2.25. The highest BCUT2D eigenvalue weighted by Gasteiger charge is 2.25. The van der Waals surface area contributed by atoms with E-state index in [4.69, 9.17) is 18.9 Å². The fourth-order valence-electron chi connectivity index (χ4n) is 7.46. The molecule has 2 atom stereocenters. The number of quaternary nitrogens is 1. The molecule has 0 aliphatic rings. The molecular weight excluding hydrogens is 887 g/mol. The van der Waals surface area contributed by atoms with Gasteiger partial charge in [0.15, 0.2) is 6.10 Å². The largest absolute Gasteiger partial charge is 0.477 e. The van der Waals surface area contributed by atoms with Gasteiger partial charge in [0.05, 0.1) is 34.4 Å². The van der Waals surface area contributed by atoms with Crippen molar-refractivity contribution in [1.82, 2.24) is 0 Å².